The Morgan fingerprint density at radius 2 is 1.57 bits per heavy atom. The third kappa shape index (κ3) is 4.96. The molecule has 5 nitrogen and oxygen atoms in total. The Morgan fingerprint density at radius 1 is 0.870 bits per heavy atom. The largest absolute Gasteiger partial charge is 0.491 e. The maximum absolute atomic E-state index is 10.7. The van der Waals surface area contributed by atoms with Crippen LogP contribution < -0.4 is 9.47 Å². The fraction of sp³-hybridized carbons (Fsp3) is 0.333. The van der Waals surface area contributed by atoms with E-state index in [-0.39, 0.29) is 26.2 Å². The summed E-state index contributed by atoms with van der Waals surface area (Å²) < 4.78 is 11.3. The number of aliphatic hydroxyl groups excluding tert-OH is 3. The van der Waals surface area contributed by atoms with Crippen LogP contribution in [-0.4, -0.2) is 41.2 Å². The van der Waals surface area contributed by atoms with E-state index in [2.05, 4.69) is 0 Å². The van der Waals surface area contributed by atoms with Gasteiger partial charge in [-0.15, -0.1) is 0 Å². The second-order valence-corrected chi connectivity index (χ2v) is 5.04. The van der Waals surface area contributed by atoms with Crippen molar-refractivity contribution in [2.75, 3.05) is 19.8 Å². The number of benzene rings is 2. The summed E-state index contributed by atoms with van der Waals surface area (Å²) in [5.41, 5.74) is 0.565. The van der Waals surface area contributed by atoms with Crippen molar-refractivity contribution >= 4 is 0 Å². The molecule has 0 unspecified atom stereocenters. The van der Waals surface area contributed by atoms with Crippen molar-refractivity contribution in [3.8, 4) is 11.5 Å². The highest BCUT2D eigenvalue weighted by molar-refractivity contribution is 5.36. The fourth-order valence-electron chi connectivity index (χ4n) is 2.29. The SMILES string of the molecule is OCCOc1ccccc1[C@@H](O)[C@@H](CCO)Oc1ccccc1. The average molecular weight is 318 g/mol. The van der Waals surface area contributed by atoms with Crippen LogP contribution in [0.15, 0.2) is 54.6 Å². The van der Waals surface area contributed by atoms with Crippen LogP contribution in [0.1, 0.15) is 18.1 Å². The Morgan fingerprint density at radius 3 is 2.26 bits per heavy atom. The molecule has 0 aliphatic rings. The summed E-state index contributed by atoms with van der Waals surface area (Å²) >= 11 is 0. The molecule has 124 valence electrons. The Bertz CT molecular complexity index is 573. The van der Waals surface area contributed by atoms with Crippen molar-refractivity contribution in [2.24, 2.45) is 0 Å². The molecule has 0 aliphatic heterocycles. The first-order valence-corrected chi connectivity index (χ1v) is 7.59. The Kier molecular flexibility index (Phi) is 6.87. The van der Waals surface area contributed by atoms with E-state index in [4.69, 9.17) is 14.6 Å². The van der Waals surface area contributed by atoms with Crippen molar-refractivity contribution in [2.45, 2.75) is 18.6 Å². The molecule has 0 heterocycles. The lowest BCUT2D eigenvalue weighted by Crippen LogP contribution is -2.27. The number of aliphatic hydroxyl groups is 3. The molecule has 0 aromatic heterocycles. The second kappa shape index (κ2) is 9.15. The topological polar surface area (TPSA) is 79.2 Å². The predicted molar refractivity (Wildman–Crippen MR) is 86.5 cm³/mol. The van der Waals surface area contributed by atoms with E-state index in [0.717, 1.165) is 0 Å². The molecule has 0 bridgehead atoms. The molecule has 0 fully saturated rings. The van der Waals surface area contributed by atoms with Gasteiger partial charge in [0.1, 0.15) is 30.3 Å². The van der Waals surface area contributed by atoms with Gasteiger partial charge >= 0.3 is 0 Å². The van der Waals surface area contributed by atoms with Gasteiger partial charge in [0, 0.05) is 18.6 Å². The van der Waals surface area contributed by atoms with Crippen LogP contribution in [0.5, 0.6) is 11.5 Å². The van der Waals surface area contributed by atoms with Gasteiger partial charge in [0.2, 0.25) is 0 Å². The van der Waals surface area contributed by atoms with Crippen molar-refractivity contribution in [1.29, 1.82) is 0 Å². The van der Waals surface area contributed by atoms with Gasteiger partial charge < -0.3 is 24.8 Å². The van der Waals surface area contributed by atoms with E-state index in [9.17, 15) is 10.2 Å². The van der Waals surface area contributed by atoms with E-state index in [1.165, 1.54) is 0 Å². The highest BCUT2D eigenvalue weighted by atomic mass is 16.5. The highest BCUT2D eigenvalue weighted by Crippen LogP contribution is 2.30. The molecular formula is C18H22O5. The average Bonchev–Trinajstić information content (AvgIpc) is 2.60. The Labute approximate surface area is 135 Å². The van der Waals surface area contributed by atoms with E-state index in [1.54, 1.807) is 36.4 Å². The van der Waals surface area contributed by atoms with Crippen LogP contribution in [0.2, 0.25) is 0 Å². The highest BCUT2D eigenvalue weighted by Gasteiger charge is 2.25. The zero-order chi connectivity index (χ0) is 16.5. The molecule has 2 atom stereocenters. The zero-order valence-electron chi connectivity index (χ0n) is 12.8. The van der Waals surface area contributed by atoms with Gasteiger partial charge in [0.25, 0.3) is 0 Å². The normalized spacial score (nSPS) is 13.3. The molecule has 2 aromatic rings. The minimum atomic E-state index is -0.961. The lowest BCUT2D eigenvalue weighted by molar-refractivity contribution is 0.0186. The number of para-hydroxylation sites is 2. The molecule has 0 amide bonds. The molecule has 3 N–H and O–H groups in total. The summed E-state index contributed by atoms with van der Waals surface area (Å²) in [6, 6.07) is 16.2. The predicted octanol–water partition coefficient (Wildman–Crippen LogP) is 1.92. The van der Waals surface area contributed by atoms with Crippen molar-refractivity contribution in [1.82, 2.24) is 0 Å². The summed E-state index contributed by atoms with van der Waals surface area (Å²) in [5, 5.41) is 28.8. The van der Waals surface area contributed by atoms with Crippen LogP contribution >= 0.6 is 0 Å². The lowest BCUT2D eigenvalue weighted by Gasteiger charge is -2.25. The van der Waals surface area contributed by atoms with Crippen LogP contribution in [0.4, 0.5) is 0 Å². The fourth-order valence-corrected chi connectivity index (χ4v) is 2.29. The van der Waals surface area contributed by atoms with E-state index < -0.39 is 12.2 Å². The van der Waals surface area contributed by atoms with Gasteiger partial charge in [0.15, 0.2) is 0 Å². The van der Waals surface area contributed by atoms with Gasteiger partial charge in [-0.25, -0.2) is 0 Å². The first kappa shape index (κ1) is 17.3. The maximum Gasteiger partial charge on any atom is 0.131 e. The summed E-state index contributed by atoms with van der Waals surface area (Å²) in [4.78, 5) is 0. The molecule has 0 radical (unpaired) electrons. The lowest BCUT2D eigenvalue weighted by atomic mass is 10.0. The number of rotatable bonds is 9. The van der Waals surface area contributed by atoms with Gasteiger partial charge in [-0.3, -0.25) is 0 Å². The third-order valence-corrected chi connectivity index (χ3v) is 3.38. The quantitative estimate of drug-likeness (QED) is 0.658. The molecule has 0 saturated carbocycles. The molecule has 0 spiro atoms. The number of ether oxygens (including phenoxy) is 2. The van der Waals surface area contributed by atoms with Crippen LogP contribution in [0.3, 0.4) is 0 Å². The van der Waals surface area contributed by atoms with E-state index >= 15 is 0 Å². The molecular weight excluding hydrogens is 296 g/mol. The Hall–Kier alpha value is -2.08. The van der Waals surface area contributed by atoms with E-state index in [1.807, 2.05) is 18.2 Å². The first-order chi connectivity index (χ1) is 11.3. The first-order valence-electron chi connectivity index (χ1n) is 7.59. The van der Waals surface area contributed by atoms with Gasteiger partial charge in [0.05, 0.1) is 6.61 Å². The van der Waals surface area contributed by atoms with Crippen LogP contribution in [0, 0.1) is 0 Å². The minimum Gasteiger partial charge on any atom is -0.491 e. The molecule has 5 heteroatoms. The van der Waals surface area contributed by atoms with Gasteiger partial charge in [-0.05, 0) is 18.2 Å². The van der Waals surface area contributed by atoms with Crippen molar-refractivity contribution in [3.63, 3.8) is 0 Å². The Balaban J connectivity index is 2.18. The number of hydrogen-bond acceptors (Lipinski definition) is 5. The standard InChI is InChI=1S/C18H22O5/c19-11-10-17(23-14-6-2-1-3-7-14)18(21)15-8-4-5-9-16(15)22-13-12-20/h1-9,17-21H,10-13H2/t17-,18-/m1/s1. The molecule has 23 heavy (non-hydrogen) atoms. The van der Waals surface area contributed by atoms with Crippen LogP contribution in [-0.2, 0) is 0 Å². The molecule has 2 rings (SSSR count). The van der Waals surface area contributed by atoms with Gasteiger partial charge in [-0.1, -0.05) is 36.4 Å². The second-order valence-electron chi connectivity index (χ2n) is 5.04. The minimum absolute atomic E-state index is 0.103. The number of hydrogen-bond donors (Lipinski definition) is 3. The summed E-state index contributed by atoms with van der Waals surface area (Å²) in [7, 11) is 0. The summed E-state index contributed by atoms with van der Waals surface area (Å²) in [6.45, 7) is -0.0623. The third-order valence-electron chi connectivity index (χ3n) is 3.38. The van der Waals surface area contributed by atoms with Crippen molar-refractivity contribution < 1.29 is 24.8 Å². The molecule has 0 aliphatic carbocycles. The maximum atomic E-state index is 10.7. The smallest absolute Gasteiger partial charge is 0.131 e. The monoisotopic (exact) mass is 318 g/mol. The molecule has 0 saturated heterocycles. The van der Waals surface area contributed by atoms with E-state index in [0.29, 0.717) is 17.1 Å². The van der Waals surface area contributed by atoms with Crippen LogP contribution in [0.25, 0.3) is 0 Å². The van der Waals surface area contributed by atoms with Crippen molar-refractivity contribution in [3.05, 3.63) is 60.2 Å². The molecule has 2 aromatic carbocycles. The summed E-state index contributed by atoms with van der Waals surface area (Å²) in [5.74, 6) is 1.12. The zero-order valence-corrected chi connectivity index (χ0v) is 12.8. The van der Waals surface area contributed by atoms with Gasteiger partial charge in [-0.2, -0.15) is 0 Å². The summed E-state index contributed by atoms with van der Waals surface area (Å²) in [6.07, 6.45) is -1.29.